The first-order valence-electron chi connectivity index (χ1n) is 6.84. The van der Waals surface area contributed by atoms with E-state index in [4.69, 9.17) is 20.9 Å². The van der Waals surface area contributed by atoms with Crippen LogP contribution in [-0.2, 0) is 4.74 Å². The third kappa shape index (κ3) is 2.99. The molecule has 1 aliphatic heterocycles. The van der Waals surface area contributed by atoms with Crippen molar-refractivity contribution in [3.05, 3.63) is 40.3 Å². The number of phenols is 1. The van der Waals surface area contributed by atoms with E-state index in [0.29, 0.717) is 12.4 Å². The number of aromatic nitrogens is 2. The summed E-state index contributed by atoms with van der Waals surface area (Å²) in [5.41, 5.74) is -0.224. The molecule has 1 amide bonds. The van der Waals surface area contributed by atoms with Crippen molar-refractivity contribution < 1.29 is 23.6 Å². The SMILES string of the molecule is Cc1noc(C2COCCN2C(=O)c2cc(F)cc(Cl)c2O)n1. The first-order valence-corrected chi connectivity index (χ1v) is 7.22. The number of ether oxygens (including phenoxy) is 1. The second-order valence-corrected chi connectivity index (χ2v) is 5.46. The van der Waals surface area contributed by atoms with Crippen molar-refractivity contribution in [2.45, 2.75) is 13.0 Å². The maximum Gasteiger partial charge on any atom is 0.258 e. The molecule has 1 N–H and O–H groups in total. The fourth-order valence-electron chi connectivity index (χ4n) is 2.38. The molecule has 0 saturated carbocycles. The number of aromatic hydroxyl groups is 1. The molecule has 1 aliphatic rings. The number of amides is 1. The maximum absolute atomic E-state index is 13.5. The molecule has 23 heavy (non-hydrogen) atoms. The molecule has 1 fully saturated rings. The molecule has 1 aromatic carbocycles. The number of nitrogens with zero attached hydrogens (tertiary/aromatic N) is 3. The molecule has 1 unspecified atom stereocenters. The Morgan fingerprint density at radius 1 is 1.52 bits per heavy atom. The number of phenolic OH excluding ortho intramolecular Hbond substituents is 1. The Hall–Kier alpha value is -2.19. The van der Waals surface area contributed by atoms with Gasteiger partial charge in [-0.05, 0) is 19.1 Å². The first kappa shape index (κ1) is 15.7. The Labute approximate surface area is 135 Å². The van der Waals surface area contributed by atoms with Gasteiger partial charge >= 0.3 is 0 Å². The van der Waals surface area contributed by atoms with Gasteiger partial charge in [-0.25, -0.2) is 4.39 Å². The lowest BCUT2D eigenvalue weighted by Gasteiger charge is -2.33. The van der Waals surface area contributed by atoms with E-state index in [1.54, 1.807) is 6.92 Å². The lowest BCUT2D eigenvalue weighted by atomic mass is 10.1. The van der Waals surface area contributed by atoms with Gasteiger partial charge in [-0.1, -0.05) is 16.8 Å². The number of hydrogen-bond acceptors (Lipinski definition) is 6. The van der Waals surface area contributed by atoms with Gasteiger partial charge in [-0.15, -0.1) is 0 Å². The molecule has 0 bridgehead atoms. The van der Waals surface area contributed by atoms with Crippen LogP contribution in [0.15, 0.2) is 16.7 Å². The molecule has 0 aliphatic carbocycles. The lowest BCUT2D eigenvalue weighted by Crippen LogP contribution is -2.43. The molecule has 7 nitrogen and oxygen atoms in total. The van der Waals surface area contributed by atoms with E-state index in [-0.39, 0.29) is 29.6 Å². The number of hydrogen-bond donors (Lipinski definition) is 1. The fourth-order valence-corrected chi connectivity index (χ4v) is 2.59. The first-order chi connectivity index (χ1) is 11.0. The van der Waals surface area contributed by atoms with Gasteiger partial charge in [-0.3, -0.25) is 4.79 Å². The maximum atomic E-state index is 13.5. The molecular weight excluding hydrogens is 329 g/mol. The number of morpholine rings is 1. The average molecular weight is 342 g/mol. The summed E-state index contributed by atoms with van der Waals surface area (Å²) in [5.74, 6) is -1.13. The van der Waals surface area contributed by atoms with Gasteiger partial charge in [0.25, 0.3) is 11.8 Å². The smallest absolute Gasteiger partial charge is 0.258 e. The number of carbonyl (C=O) groups is 1. The highest BCUT2D eigenvalue weighted by atomic mass is 35.5. The van der Waals surface area contributed by atoms with Gasteiger partial charge < -0.3 is 19.3 Å². The standard InChI is InChI=1S/C14H13ClFN3O4/c1-7-17-13(23-18-7)11-6-22-3-2-19(11)14(21)9-4-8(16)5-10(15)12(9)20/h4-5,11,20H,2-3,6H2,1H3. The van der Waals surface area contributed by atoms with E-state index in [0.717, 1.165) is 12.1 Å². The molecule has 2 heterocycles. The van der Waals surface area contributed by atoms with Crippen molar-refractivity contribution >= 4 is 17.5 Å². The number of benzene rings is 1. The topological polar surface area (TPSA) is 88.7 Å². The molecule has 0 spiro atoms. The minimum atomic E-state index is -0.713. The van der Waals surface area contributed by atoms with Crippen molar-refractivity contribution in [3.63, 3.8) is 0 Å². The monoisotopic (exact) mass is 341 g/mol. The van der Waals surface area contributed by atoms with Crippen molar-refractivity contribution in [2.24, 2.45) is 0 Å². The molecule has 1 atom stereocenters. The van der Waals surface area contributed by atoms with Gasteiger partial charge in [0.2, 0.25) is 0 Å². The summed E-state index contributed by atoms with van der Waals surface area (Å²) < 4.78 is 24.0. The van der Waals surface area contributed by atoms with Gasteiger partial charge in [0.05, 0.1) is 23.8 Å². The lowest BCUT2D eigenvalue weighted by molar-refractivity contribution is -0.0120. The quantitative estimate of drug-likeness (QED) is 0.899. The van der Waals surface area contributed by atoms with Crippen molar-refractivity contribution in [2.75, 3.05) is 19.8 Å². The zero-order valence-corrected chi connectivity index (χ0v) is 12.9. The van der Waals surface area contributed by atoms with Crippen molar-refractivity contribution in [1.82, 2.24) is 15.0 Å². The van der Waals surface area contributed by atoms with E-state index in [2.05, 4.69) is 10.1 Å². The Balaban J connectivity index is 1.96. The highest BCUT2D eigenvalue weighted by Gasteiger charge is 2.34. The van der Waals surface area contributed by atoms with Crippen LogP contribution in [-0.4, -0.2) is 45.8 Å². The molecular formula is C14H13ClFN3O4. The predicted octanol–water partition coefficient (Wildman–Crippen LogP) is 2.09. The van der Waals surface area contributed by atoms with Crippen molar-refractivity contribution in [1.29, 1.82) is 0 Å². The molecule has 122 valence electrons. The molecule has 0 radical (unpaired) electrons. The van der Waals surface area contributed by atoms with Crippen LogP contribution in [0, 0.1) is 12.7 Å². The fraction of sp³-hybridized carbons (Fsp3) is 0.357. The van der Waals surface area contributed by atoms with Gasteiger partial charge in [0.15, 0.2) is 5.82 Å². The third-order valence-corrected chi connectivity index (χ3v) is 3.76. The highest BCUT2D eigenvalue weighted by Crippen LogP contribution is 2.32. The Bertz CT molecular complexity index is 752. The minimum absolute atomic E-state index is 0.164. The predicted molar refractivity (Wildman–Crippen MR) is 76.7 cm³/mol. The van der Waals surface area contributed by atoms with Crippen LogP contribution >= 0.6 is 11.6 Å². The Morgan fingerprint density at radius 2 is 2.30 bits per heavy atom. The van der Waals surface area contributed by atoms with Crippen molar-refractivity contribution in [3.8, 4) is 5.75 Å². The average Bonchev–Trinajstić information content (AvgIpc) is 2.96. The summed E-state index contributed by atoms with van der Waals surface area (Å²) in [6.45, 7) is 2.36. The third-order valence-electron chi connectivity index (χ3n) is 3.48. The van der Waals surface area contributed by atoms with Crippen LogP contribution in [0.4, 0.5) is 4.39 Å². The van der Waals surface area contributed by atoms with E-state index in [1.807, 2.05) is 0 Å². The van der Waals surface area contributed by atoms with Crippen LogP contribution in [0.25, 0.3) is 0 Å². The Kier molecular flexibility index (Phi) is 4.18. The summed E-state index contributed by atoms with van der Waals surface area (Å²) in [5, 5.41) is 13.4. The van der Waals surface area contributed by atoms with E-state index >= 15 is 0 Å². The molecule has 1 aromatic heterocycles. The minimum Gasteiger partial charge on any atom is -0.506 e. The molecule has 1 saturated heterocycles. The zero-order chi connectivity index (χ0) is 16.6. The van der Waals surface area contributed by atoms with Gasteiger partial charge in [0.1, 0.15) is 17.6 Å². The number of rotatable bonds is 2. The number of aryl methyl sites for hydroxylation is 1. The van der Waals surface area contributed by atoms with Crippen LogP contribution < -0.4 is 0 Å². The second kappa shape index (κ2) is 6.13. The van der Waals surface area contributed by atoms with E-state index in [1.165, 1.54) is 4.90 Å². The number of halogens is 2. The summed E-state index contributed by atoms with van der Waals surface area (Å²) in [7, 11) is 0. The van der Waals surface area contributed by atoms with Crippen LogP contribution in [0.1, 0.15) is 28.1 Å². The van der Waals surface area contributed by atoms with Crippen LogP contribution in [0.5, 0.6) is 5.75 Å². The Morgan fingerprint density at radius 3 is 3.00 bits per heavy atom. The zero-order valence-electron chi connectivity index (χ0n) is 12.1. The summed E-state index contributed by atoms with van der Waals surface area (Å²) in [6.07, 6.45) is 0. The van der Waals surface area contributed by atoms with E-state index < -0.39 is 23.5 Å². The summed E-state index contributed by atoms with van der Waals surface area (Å²) >= 11 is 5.73. The molecule has 2 aromatic rings. The highest BCUT2D eigenvalue weighted by molar-refractivity contribution is 6.32. The number of carbonyl (C=O) groups excluding carboxylic acids is 1. The molecule has 3 rings (SSSR count). The molecule has 9 heteroatoms. The van der Waals surface area contributed by atoms with Crippen LogP contribution in [0.2, 0.25) is 5.02 Å². The second-order valence-electron chi connectivity index (χ2n) is 5.05. The largest absolute Gasteiger partial charge is 0.506 e. The van der Waals surface area contributed by atoms with Crippen LogP contribution in [0.3, 0.4) is 0 Å². The summed E-state index contributed by atoms with van der Waals surface area (Å²) in [4.78, 5) is 18.2. The summed E-state index contributed by atoms with van der Waals surface area (Å²) in [6, 6.07) is 1.26. The van der Waals surface area contributed by atoms with E-state index in [9.17, 15) is 14.3 Å². The van der Waals surface area contributed by atoms with Gasteiger partial charge in [0, 0.05) is 6.54 Å². The van der Waals surface area contributed by atoms with Gasteiger partial charge in [-0.2, -0.15) is 4.98 Å². The normalized spacial score (nSPS) is 18.2.